The number of phenolic OH excluding ortho intramolecular Hbond substituents is 6. The van der Waals surface area contributed by atoms with Crippen molar-refractivity contribution in [2.75, 3.05) is 56.9 Å². The number of para-hydroxylation sites is 7. The fraction of sp³-hybridized carbons (Fsp3) is 0.143. The van der Waals surface area contributed by atoms with Crippen LogP contribution in [-0.4, -0.2) is 180 Å². The molecule has 0 bridgehead atoms. The number of fused-ring (bicyclic) bond motifs is 1. The number of aromatic nitrogens is 3. The number of carbonyl (C=O) groups is 6. The molecule has 0 aliphatic carbocycles. The van der Waals surface area contributed by atoms with E-state index < -0.39 is 40.3 Å². The predicted molar refractivity (Wildman–Crippen MR) is 513 cm³/mol. The zero-order valence-corrected chi connectivity index (χ0v) is 76.4. The summed E-state index contributed by atoms with van der Waals surface area (Å²) in [4.78, 5) is 86.4. The van der Waals surface area contributed by atoms with Crippen LogP contribution in [0.1, 0.15) is 133 Å². The number of aryl methyl sites for hydroxylation is 1. The lowest BCUT2D eigenvalue weighted by Crippen LogP contribution is -2.18. The molecule has 0 aliphatic heterocycles. The third-order valence-corrected chi connectivity index (χ3v) is 18.9. The fourth-order valence-electron chi connectivity index (χ4n) is 11.6. The number of ether oxygens (including phenoxy) is 8. The van der Waals surface area contributed by atoms with E-state index in [0.717, 1.165) is 46.7 Å². The van der Waals surface area contributed by atoms with Gasteiger partial charge in [-0.05, 0) is 159 Å². The minimum atomic E-state index is -4.54. The number of nitro benzene ring substituents is 1. The highest BCUT2D eigenvalue weighted by Gasteiger charge is 2.31. The molecule has 38 nitrogen and oxygen atoms in total. The van der Waals surface area contributed by atoms with Gasteiger partial charge in [-0.2, -0.15) is 48.9 Å². The quantitative estimate of drug-likeness (QED) is 0.0129. The number of benzene rings is 11. The first-order chi connectivity index (χ1) is 66.6. The van der Waals surface area contributed by atoms with E-state index in [0.29, 0.717) is 79.0 Å². The second kappa shape index (κ2) is 51.9. The van der Waals surface area contributed by atoms with Gasteiger partial charge in [0.25, 0.3) is 41.1 Å². The Bertz CT molecular complexity index is 6650. The number of carbonyl (C=O) groups excluding carboxylic acids is 6. The van der Waals surface area contributed by atoms with Gasteiger partial charge in [0, 0.05) is 90.0 Å². The third kappa shape index (κ3) is 30.9. The molecule has 0 atom stereocenters. The summed E-state index contributed by atoms with van der Waals surface area (Å²) >= 11 is 0. The Labute approximate surface area is 792 Å². The van der Waals surface area contributed by atoms with Crippen molar-refractivity contribution in [2.24, 2.45) is 30.6 Å². The van der Waals surface area contributed by atoms with Crippen molar-refractivity contribution in [3.63, 3.8) is 0 Å². The maximum Gasteiger partial charge on any atom is 0.416 e. The van der Waals surface area contributed by atoms with E-state index in [9.17, 15) is 82.7 Å². The third-order valence-electron chi connectivity index (χ3n) is 18.9. The van der Waals surface area contributed by atoms with Crippen molar-refractivity contribution in [1.82, 2.24) is 47.7 Å². The van der Waals surface area contributed by atoms with Crippen LogP contribution in [0.4, 0.5) is 18.9 Å². The Hall–Kier alpha value is -18.7. The number of hydrogen-bond acceptors (Lipinski definition) is 30. The van der Waals surface area contributed by atoms with Crippen LogP contribution in [0.5, 0.6) is 80.5 Å². The molecule has 11 aromatic carbocycles. The summed E-state index contributed by atoms with van der Waals surface area (Å²) in [6, 6.07) is 63.0. The summed E-state index contributed by atoms with van der Waals surface area (Å²) < 4.78 is 78.0. The Kier molecular flexibility index (Phi) is 39.4. The zero-order valence-electron chi connectivity index (χ0n) is 76.4. The van der Waals surface area contributed by atoms with Crippen molar-refractivity contribution in [1.29, 1.82) is 0 Å². The van der Waals surface area contributed by atoms with E-state index in [1.165, 1.54) is 130 Å². The van der Waals surface area contributed by atoms with Gasteiger partial charge < -0.3 is 68.5 Å². The Morgan fingerprint density at radius 2 is 0.676 bits per heavy atom. The maximum absolute atomic E-state index is 12.6. The maximum atomic E-state index is 12.6. The molecule has 0 fully saturated rings. The lowest BCUT2D eigenvalue weighted by Gasteiger charge is -2.14. The number of hydrazone groups is 6. The number of rotatable bonds is 27. The van der Waals surface area contributed by atoms with Gasteiger partial charge in [-0.25, -0.2) is 32.6 Å². The minimum Gasteiger partial charge on any atom is -0.504 e. The van der Waals surface area contributed by atoms with Crippen molar-refractivity contribution < 1.29 is 115 Å². The molecule has 41 heteroatoms. The summed E-state index contributed by atoms with van der Waals surface area (Å²) in [5.41, 5.74) is 19.3. The topological polar surface area (TPSA) is 529 Å². The number of alkyl halides is 3. The van der Waals surface area contributed by atoms with E-state index in [1.807, 2.05) is 58.0 Å². The number of non-ortho nitro benzene ring substituents is 1. The molecule has 0 radical (unpaired) electrons. The van der Waals surface area contributed by atoms with Crippen LogP contribution in [0.3, 0.4) is 0 Å². The first-order valence-corrected chi connectivity index (χ1v) is 40.9. The summed E-state index contributed by atoms with van der Waals surface area (Å²) in [5, 5.41) is 100. The van der Waals surface area contributed by atoms with Gasteiger partial charge in [-0.1, -0.05) is 99.6 Å². The highest BCUT2D eigenvalue weighted by Crippen LogP contribution is 2.36. The van der Waals surface area contributed by atoms with E-state index in [-0.39, 0.29) is 91.3 Å². The first-order valence-electron chi connectivity index (χ1n) is 40.9. The molecule has 139 heavy (non-hydrogen) atoms. The Balaban J connectivity index is 0.000000205. The highest BCUT2D eigenvalue weighted by atomic mass is 19.4. The molecule has 720 valence electrons. The van der Waals surface area contributed by atoms with Crippen LogP contribution in [0.15, 0.2) is 273 Å². The van der Waals surface area contributed by atoms with Gasteiger partial charge in [-0.15, -0.1) is 0 Å². The number of H-pyrrole nitrogens is 1. The largest absolute Gasteiger partial charge is 0.504 e. The average Bonchev–Trinajstić information content (AvgIpc) is 1.59. The van der Waals surface area contributed by atoms with Gasteiger partial charge in [0.1, 0.15) is 0 Å². The van der Waals surface area contributed by atoms with Gasteiger partial charge in [-0.3, -0.25) is 49.0 Å². The van der Waals surface area contributed by atoms with E-state index in [1.54, 1.807) is 152 Å². The summed E-state index contributed by atoms with van der Waals surface area (Å²) in [5.74, 6) is -0.430. The SMILES string of the molecule is COc1ccc(C(=O)NN=Cc2cccc(OC)c2O)cc1OC.COc1cccc(C=NNC(=O)c2cc(C(C)(C)C)[nH]n2)c1O.COc1cccc(C=NNC(=O)c2cc(C)nc3ccccc23)c1O.COc1cccc(C=NNC(=O)c2ccc([N+](=O)[O-])cc2)c1O.COc1cccc(C=NNC(=O)c2cccc(C(F)(F)F)c2)c1O.COc1cccc(C=NNC(=O)c2ccccc2)c1O. The van der Waals surface area contributed by atoms with Crippen molar-refractivity contribution >= 4 is 89.3 Å². The molecule has 0 unspecified atom stereocenters. The number of pyridine rings is 1. The van der Waals surface area contributed by atoms with Crippen LogP contribution in [0, 0.1) is 17.0 Å². The summed E-state index contributed by atoms with van der Waals surface area (Å²) in [6.45, 7) is 7.89. The van der Waals surface area contributed by atoms with Crippen LogP contribution in [0.2, 0.25) is 0 Å². The number of hydrogen-bond donors (Lipinski definition) is 13. The van der Waals surface area contributed by atoms with Gasteiger partial charge in [0.05, 0.1) is 116 Å². The molecular weight excluding hydrogens is 1810 g/mol. The van der Waals surface area contributed by atoms with Crippen LogP contribution in [0.25, 0.3) is 10.9 Å². The average molecular weight is 1910 g/mol. The van der Waals surface area contributed by atoms with Gasteiger partial charge in [0.15, 0.2) is 86.2 Å². The zero-order chi connectivity index (χ0) is 101. The van der Waals surface area contributed by atoms with E-state index in [2.05, 4.69) is 78.3 Å². The number of aromatic amines is 1. The standard InChI is InChI=1S/C19H17N3O3.C17H18N2O5.C16H13F3N2O3.C16H20N4O3.C15H13N3O5.C15H14N2O3/c1-12-10-15(14-7-3-4-8-16(14)21-12)19(24)22-20-11-13-6-5-9-17(25-2)18(13)23;1-22-13-8-7-11(9-15(13)24-3)17(21)19-18-10-12-5-4-6-14(23-2)16(12)20;1-24-13-7-3-5-11(14(13)22)9-20-21-15(23)10-4-2-6-12(8-10)16(17,18)19;1-16(2,3)13-8-11(18-19-13)15(22)20-17-9-10-6-5-7-12(23-4)14(10)21;1-23-13-4-2-3-11(14(13)19)9-16-17-15(20)10-5-7-12(8-6-10)18(21)22;1-20-13-9-5-8-12(14(13)18)10-16-17-15(19)11-6-3-2-4-7-11/h3-11,23H,1-2H3,(H,22,24);4-10,20H,1-3H3,(H,19,21);2-9,22H,1H3,(H,21,23);5-9,21H,1-4H3,(H,18,19)(H,20,22);2-9,19H,1H3,(H,17,20);2-10,18H,1H3,(H,17,19). The second-order valence-corrected chi connectivity index (χ2v) is 29.1. The van der Waals surface area contributed by atoms with Crippen molar-refractivity contribution in [2.45, 2.75) is 39.3 Å². The molecule has 0 saturated carbocycles. The number of nitro groups is 1. The minimum absolute atomic E-state index is 0.0206. The Morgan fingerprint density at radius 3 is 1.03 bits per heavy atom. The molecule has 0 saturated heterocycles. The molecule has 13 N–H and O–H groups in total. The number of phenols is 6. The van der Waals surface area contributed by atoms with Crippen LogP contribution < -0.4 is 70.4 Å². The van der Waals surface area contributed by atoms with Crippen molar-refractivity contribution in [3.8, 4) is 80.5 Å². The number of methoxy groups -OCH3 is 8. The fourth-order valence-corrected chi connectivity index (χ4v) is 11.6. The Morgan fingerprint density at radius 1 is 0.360 bits per heavy atom. The van der Waals surface area contributed by atoms with Gasteiger partial charge >= 0.3 is 6.18 Å². The second-order valence-electron chi connectivity index (χ2n) is 29.1. The number of aromatic hydroxyl groups is 6. The molecule has 6 amide bonds. The molecular formula is C98H95F3N16O22. The number of nitrogens with zero attached hydrogens (tertiary/aromatic N) is 9. The van der Waals surface area contributed by atoms with E-state index >= 15 is 0 Å². The molecule has 13 rings (SSSR count). The van der Waals surface area contributed by atoms with Crippen LogP contribution >= 0.6 is 0 Å². The summed E-state index contributed by atoms with van der Waals surface area (Å²) in [6.07, 6.45) is 3.28. The monoisotopic (exact) mass is 1900 g/mol. The van der Waals surface area contributed by atoms with Crippen molar-refractivity contribution in [3.05, 3.63) is 337 Å². The molecule has 13 aromatic rings. The number of halogens is 3. The lowest BCUT2D eigenvalue weighted by molar-refractivity contribution is -0.384. The molecule has 0 spiro atoms. The number of nitrogens with one attached hydrogen (secondary N) is 7. The molecule has 0 aliphatic rings. The molecule has 2 aromatic heterocycles. The van der Waals surface area contributed by atoms with Gasteiger partial charge in [0.2, 0.25) is 0 Å². The lowest BCUT2D eigenvalue weighted by atomic mass is 9.92. The smallest absolute Gasteiger partial charge is 0.416 e. The summed E-state index contributed by atoms with van der Waals surface area (Å²) in [7, 11) is 11.7. The molecule has 2 heterocycles. The number of amides is 6. The first kappa shape index (κ1) is 106. The van der Waals surface area contributed by atoms with Crippen LogP contribution in [-0.2, 0) is 11.6 Å². The highest BCUT2D eigenvalue weighted by molar-refractivity contribution is 6.07. The normalized spacial score (nSPS) is 10.9. The van der Waals surface area contributed by atoms with E-state index in [4.69, 9.17) is 37.9 Å². The predicted octanol–water partition coefficient (Wildman–Crippen LogP) is 14.8.